The molecule has 1 N–H and O–H groups in total. The molecule has 0 spiro atoms. The first-order valence-corrected chi connectivity index (χ1v) is 9.00. The molecule has 0 aliphatic carbocycles. The van der Waals surface area contributed by atoms with Crippen LogP contribution in [0.1, 0.15) is 53.4 Å². The third-order valence-electron chi connectivity index (χ3n) is 5.19. The van der Waals surface area contributed by atoms with Crippen molar-refractivity contribution in [3.8, 4) is 0 Å². The van der Waals surface area contributed by atoms with E-state index in [9.17, 15) is 0 Å². The standard InChI is InChI=1S/C15H32N2S/c1-6-14(7-2)13-17(10-11-18-5)15(8-3,9-4)12-16-14/h16H,6-13H2,1-5H3. The Morgan fingerprint density at radius 1 is 1.06 bits per heavy atom. The summed E-state index contributed by atoms with van der Waals surface area (Å²) >= 11 is 1.97. The van der Waals surface area contributed by atoms with Crippen molar-refractivity contribution >= 4 is 11.8 Å². The Morgan fingerprint density at radius 3 is 2.11 bits per heavy atom. The lowest BCUT2D eigenvalue weighted by atomic mass is 9.80. The molecule has 0 aromatic rings. The summed E-state index contributed by atoms with van der Waals surface area (Å²) in [5.74, 6) is 1.26. The smallest absolute Gasteiger partial charge is 0.0330 e. The summed E-state index contributed by atoms with van der Waals surface area (Å²) in [6, 6.07) is 0. The molecule has 0 atom stereocenters. The molecule has 1 fully saturated rings. The molecule has 0 bridgehead atoms. The molecular weight excluding hydrogens is 240 g/mol. The number of nitrogens with one attached hydrogen (secondary N) is 1. The van der Waals surface area contributed by atoms with Crippen LogP contribution in [-0.2, 0) is 0 Å². The van der Waals surface area contributed by atoms with Crippen LogP contribution in [0.3, 0.4) is 0 Å². The highest BCUT2D eigenvalue weighted by Crippen LogP contribution is 2.32. The zero-order valence-electron chi connectivity index (χ0n) is 13.0. The van der Waals surface area contributed by atoms with E-state index >= 15 is 0 Å². The van der Waals surface area contributed by atoms with E-state index < -0.39 is 0 Å². The highest BCUT2D eigenvalue weighted by atomic mass is 32.2. The summed E-state index contributed by atoms with van der Waals surface area (Å²) < 4.78 is 0. The van der Waals surface area contributed by atoms with Gasteiger partial charge in [-0.25, -0.2) is 0 Å². The van der Waals surface area contributed by atoms with Crippen LogP contribution in [-0.4, -0.2) is 47.6 Å². The van der Waals surface area contributed by atoms with E-state index in [0.29, 0.717) is 11.1 Å². The molecule has 1 aliphatic heterocycles. The van der Waals surface area contributed by atoms with Crippen molar-refractivity contribution in [2.24, 2.45) is 0 Å². The van der Waals surface area contributed by atoms with Crippen LogP contribution in [0.25, 0.3) is 0 Å². The maximum Gasteiger partial charge on any atom is 0.0330 e. The van der Waals surface area contributed by atoms with Gasteiger partial charge in [-0.2, -0.15) is 11.8 Å². The van der Waals surface area contributed by atoms with Crippen molar-refractivity contribution < 1.29 is 0 Å². The van der Waals surface area contributed by atoms with Crippen LogP contribution in [0.4, 0.5) is 0 Å². The quantitative estimate of drug-likeness (QED) is 0.765. The van der Waals surface area contributed by atoms with Gasteiger partial charge >= 0.3 is 0 Å². The highest BCUT2D eigenvalue weighted by Gasteiger charge is 2.43. The molecule has 1 saturated heterocycles. The van der Waals surface area contributed by atoms with E-state index in [0.717, 1.165) is 6.54 Å². The van der Waals surface area contributed by atoms with Crippen molar-refractivity contribution in [1.82, 2.24) is 10.2 Å². The van der Waals surface area contributed by atoms with E-state index in [1.807, 2.05) is 11.8 Å². The average molecular weight is 273 g/mol. The second kappa shape index (κ2) is 7.16. The number of thioether (sulfide) groups is 1. The van der Waals surface area contributed by atoms with Gasteiger partial charge in [0, 0.05) is 36.5 Å². The zero-order chi connectivity index (χ0) is 13.6. The Labute approximate surface area is 118 Å². The van der Waals surface area contributed by atoms with Gasteiger partial charge in [0.25, 0.3) is 0 Å². The van der Waals surface area contributed by atoms with Crippen molar-refractivity contribution in [1.29, 1.82) is 0 Å². The Balaban J connectivity index is 2.84. The van der Waals surface area contributed by atoms with Crippen LogP contribution in [0.2, 0.25) is 0 Å². The summed E-state index contributed by atoms with van der Waals surface area (Å²) in [5.41, 5.74) is 0.746. The van der Waals surface area contributed by atoms with Gasteiger partial charge in [0.15, 0.2) is 0 Å². The monoisotopic (exact) mass is 272 g/mol. The molecule has 0 saturated carbocycles. The van der Waals surface area contributed by atoms with Crippen LogP contribution in [0.15, 0.2) is 0 Å². The molecule has 1 heterocycles. The first-order valence-electron chi connectivity index (χ1n) is 7.61. The lowest BCUT2D eigenvalue weighted by Crippen LogP contribution is -2.69. The number of nitrogens with zero attached hydrogens (tertiary/aromatic N) is 1. The molecular formula is C15H32N2S. The van der Waals surface area contributed by atoms with Crippen molar-refractivity contribution in [2.75, 3.05) is 31.6 Å². The summed E-state index contributed by atoms with van der Waals surface area (Å²) in [6.45, 7) is 13.0. The summed E-state index contributed by atoms with van der Waals surface area (Å²) in [7, 11) is 0. The molecule has 0 unspecified atom stereocenters. The first kappa shape index (κ1) is 16.3. The minimum absolute atomic E-state index is 0.353. The Morgan fingerprint density at radius 2 is 1.67 bits per heavy atom. The largest absolute Gasteiger partial charge is 0.308 e. The second-order valence-electron chi connectivity index (χ2n) is 5.69. The summed E-state index contributed by atoms with van der Waals surface area (Å²) in [4.78, 5) is 2.78. The second-order valence-corrected chi connectivity index (χ2v) is 6.67. The van der Waals surface area contributed by atoms with E-state index in [1.54, 1.807) is 0 Å². The Bertz CT molecular complexity index is 235. The molecule has 108 valence electrons. The van der Waals surface area contributed by atoms with E-state index in [4.69, 9.17) is 0 Å². The van der Waals surface area contributed by atoms with Gasteiger partial charge < -0.3 is 5.32 Å². The van der Waals surface area contributed by atoms with Crippen LogP contribution >= 0.6 is 11.8 Å². The van der Waals surface area contributed by atoms with Gasteiger partial charge in [0.1, 0.15) is 0 Å². The molecule has 1 aliphatic rings. The molecule has 0 radical (unpaired) electrons. The lowest BCUT2D eigenvalue weighted by Gasteiger charge is -2.54. The number of rotatable bonds is 7. The summed E-state index contributed by atoms with van der Waals surface area (Å²) in [6.07, 6.45) is 7.21. The third kappa shape index (κ3) is 3.23. The molecule has 2 nitrogen and oxygen atoms in total. The first-order chi connectivity index (χ1) is 8.62. The fourth-order valence-corrected chi connectivity index (χ4v) is 3.64. The van der Waals surface area contributed by atoms with Gasteiger partial charge in [-0.15, -0.1) is 0 Å². The summed E-state index contributed by atoms with van der Waals surface area (Å²) in [5, 5.41) is 3.88. The van der Waals surface area contributed by atoms with E-state index in [-0.39, 0.29) is 0 Å². The average Bonchev–Trinajstić information content (AvgIpc) is 2.44. The third-order valence-corrected chi connectivity index (χ3v) is 5.78. The number of hydrogen-bond donors (Lipinski definition) is 1. The maximum absolute atomic E-state index is 3.88. The SMILES string of the molecule is CCC1(CC)CN(CCSC)C(CC)(CC)CN1. The fourth-order valence-electron chi connectivity index (χ4n) is 3.24. The molecule has 1 rings (SSSR count). The van der Waals surface area contributed by atoms with Gasteiger partial charge in [-0.3, -0.25) is 4.90 Å². The molecule has 0 aromatic heterocycles. The molecule has 0 aromatic carbocycles. The van der Waals surface area contributed by atoms with Crippen LogP contribution in [0.5, 0.6) is 0 Å². The molecule has 18 heavy (non-hydrogen) atoms. The zero-order valence-corrected chi connectivity index (χ0v) is 13.8. The topological polar surface area (TPSA) is 15.3 Å². The van der Waals surface area contributed by atoms with Crippen molar-refractivity contribution in [3.05, 3.63) is 0 Å². The number of piperazine rings is 1. The highest BCUT2D eigenvalue weighted by molar-refractivity contribution is 7.98. The predicted octanol–water partition coefficient (Wildman–Crippen LogP) is 3.37. The van der Waals surface area contributed by atoms with Gasteiger partial charge in [-0.1, -0.05) is 27.7 Å². The van der Waals surface area contributed by atoms with Crippen molar-refractivity contribution in [2.45, 2.75) is 64.5 Å². The van der Waals surface area contributed by atoms with E-state index in [2.05, 4.69) is 44.2 Å². The van der Waals surface area contributed by atoms with Gasteiger partial charge in [0.2, 0.25) is 0 Å². The predicted molar refractivity (Wildman–Crippen MR) is 84.6 cm³/mol. The Kier molecular flexibility index (Phi) is 6.49. The van der Waals surface area contributed by atoms with Crippen molar-refractivity contribution in [3.63, 3.8) is 0 Å². The maximum atomic E-state index is 3.88. The van der Waals surface area contributed by atoms with Gasteiger partial charge in [0.05, 0.1) is 0 Å². The minimum Gasteiger partial charge on any atom is -0.308 e. The normalized spacial score (nSPS) is 23.2. The molecule has 0 amide bonds. The van der Waals surface area contributed by atoms with Gasteiger partial charge in [-0.05, 0) is 31.9 Å². The molecule has 3 heteroatoms. The van der Waals surface area contributed by atoms with E-state index in [1.165, 1.54) is 44.5 Å². The lowest BCUT2D eigenvalue weighted by molar-refractivity contribution is 0.0000674. The van der Waals surface area contributed by atoms with Crippen LogP contribution in [0, 0.1) is 0 Å². The number of hydrogen-bond acceptors (Lipinski definition) is 3. The van der Waals surface area contributed by atoms with Crippen LogP contribution < -0.4 is 5.32 Å². The Hall–Kier alpha value is 0.270. The fraction of sp³-hybridized carbons (Fsp3) is 1.00. The minimum atomic E-state index is 0.353.